The average Bonchev–Trinajstić information content (AvgIpc) is 2.45. The van der Waals surface area contributed by atoms with E-state index >= 15 is 0 Å². The summed E-state index contributed by atoms with van der Waals surface area (Å²) in [5.41, 5.74) is 1.25. The molecule has 0 aliphatic rings. The molecule has 1 atom stereocenters. The standard InChI is InChI=1S/C17H27NO3/c1-12(2)14-7-6-8-15(11-14)21-10-9-16(17(19)20-5)18-13(3)4/h6-8,11-13,16,18H,9-10H2,1-5H3. The molecule has 0 heterocycles. The Morgan fingerprint density at radius 2 is 1.95 bits per heavy atom. The van der Waals surface area contributed by atoms with Crippen LogP contribution in [0, 0.1) is 0 Å². The zero-order chi connectivity index (χ0) is 15.8. The second-order valence-corrected chi connectivity index (χ2v) is 5.76. The average molecular weight is 293 g/mol. The van der Waals surface area contributed by atoms with Gasteiger partial charge in [-0.2, -0.15) is 0 Å². The summed E-state index contributed by atoms with van der Waals surface area (Å²) in [5, 5.41) is 3.19. The largest absolute Gasteiger partial charge is 0.494 e. The molecule has 1 aromatic carbocycles. The Balaban J connectivity index is 2.53. The smallest absolute Gasteiger partial charge is 0.322 e. The van der Waals surface area contributed by atoms with Crippen LogP contribution < -0.4 is 10.1 Å². The summed E-state index contributed by atoms with van der Waals surface area (Å²) in [7, 11) is 1.41. The third kappa shape index (κ3) is 6.17. The molecule has 1 unspecified atom stereocenters. The molecule has 0 fully saturated rings. The van der Waals surface area contributed by atoms with Gasteiger partial charge in [-0.3, -0.25) is 4.79 Å². The van der Waals surface area contributed by atoms with E-state index in [0.29, 0.717) is 18.9 Å². The van der Waals surface area contributed by atoms with Crippen molar-refractivity contribution in [2.24, 2.45) is 0 Å². The van der Waals surface area contributed by atoms with Gasteiger partial charge in [0.25, 0.3) is 0 Å². The van der Waals surface area contributed by atoms with E-state index in [-0.39, 0.29) is 18.1 Å². The highest BCUT2D eigenvalue weighted by atomic mass is 16.5. The van der Waals surface area contributed by atoms with E-state index in [1.807, 2.05) is 32.0 Å². The van der Waals surface area contributed by atoms with Crippen molar-refractivity contribution in [2.75, 3.05) is 13.7 Å². The fourth-order valence-electron chi connectivity index (χ4n) is 2.07. The molecule has 1 rings (SSSR count). The summed E-state index contributed by atoms with van der Waals surface area (Å²) in [6.07, 6.45) is 0.580. The Morgan fingerprint density at radius 3 is 2.52 bits per heavy atom. The van der Waals surface area contributed by atoms with Crippen molar-refractivity contribution < 1.29 is 14.3 Å². The van der Waals surface area contributed by atoms with Crippen LogP contribution in [0.5, 0.6) is 5.75 Å². The summed E-state index contributed by atoms with van der Waals surface area (Å²) in [4.78, 5) is 11.7. The van der Waals surface area contributed by atoms with Crippen LogP contribution in [0.25, 0.3) is 0 Å². The van der Waals surface area contributed by atoms with Crippen LogP contribution in [0.15, 0.2) is 24.3 Å². The van der Waals surface area contributed by atoms with Gasteiger partial charge in [-0.25, -0.2) is 0 Å². The SMILES string of the molecule is COC(=O)C(CCOc1cccc(C(C)C)c1)NC(C)C. The van der Waals surface area contributed by atoms with Gasteiger partial charge in [0.05, 0.1) is 13.7 Å². The van der Waals surface area contributed by atoms with Crippen molar-refractivity contribution in [3.05, 3.63) is 29.8 Å². The molecule has 118 valence electrons. The molecule has 1 aromatic rings. The summed E-state index contributed by atoms with van der Waals surface area (Å²) in [5.74, 6) is 1.07. The van der Waals surface area contributed by atoms with Crippen molar-refractivity contribution in [1.82, 2.24) is 5.32 Å². The number of carbonyl (C=O) groups excluding carboxylic acids is 1. The van der Waals surface area contributed by atoms with Gasteiger partial charge in [-0.15, -0.1) is 0 Å². The molecule has 0 aromatic heterocycles. The first-order chi connectivity index (χ1) is 9.93. The molecule has 21 heavy (non-hydrogen) atoms. The van der Waals surface area contributed by atoms with Crippen molar-refractivity contribution >= 4 is 5.97 Å². The fourth-order valence-corrected chi connectivity index (χ4v) is 2.07. The third-order valence-corrected chi connectivity index (χ3v) is 3.22. The van der Waals surface area contributed by atoms with E-state index < -0.39 is 0 Å². The molecule has 0 aliphatic heterocycles. The highest BCUT2D eigenvalue weighted by molar-refractivity contribution is 5.75. The van der Waals surface area contributed by atoms with Gasteiger partial charge < -0.3 is 14.8 Å². The fraction of sp³-hybridized carbons (Fsp3) is 0.588. The van der Waals surface area contributed by atoms with Crippen LogP contribution in [-0.4, -0.2) is 31.8 Å². The second-order valence-electron chi connectivity index (χ2n) is 5.76. The van der Waals surface area contributed by atoms with Crippen LogP contribution in [0.2, 0.25) is 0 Å². The minimum absolute atomic E-state index is 0.221. The Kier molecular flexibility index (Phi) is 7.23. The molecule has 0 bridgehead atoms. The van der Waals surface area contributed by atoms with E-state index in [1.54, 1.807) is 0 Å². The van der Waals surface area contributed by atoms with E-state index in [4.69, 9.17) is 9.47 Å². The summed E-state index contributed by atoms with van der Waals surface area (Å²) in [6, 6.07) is 7.97. The number of methoxy groups -OCH3 is 1. The molecule has 0 saturated carbocycles. The topological polar surface area (TPSA) is 47.6 Å². The van der Waals surface area contributed by atoms with Gasteiger partial charge in [0.1, 0.15) is 11.8 Å². The third-order valence-electron chi connectivity index (χ3n) is 3.22. The van der Waals surface area contributed by atoms with Crippen molar-refractivity contribution in [3.63, 3.8) is 0 Å². The van der Waals surface area contributed by atoms with Gasteiger partial charge in [0.15, 0.2) is 0 Å². The first-order valence-corrected chi connectivity index (χ1v) is 7.50. The molecular formula is C17H27NO3. The minimum Gasteiger partial charge on any atom is -0.494 e. The maximum Gasteiger partial charge on any atom is 0.322 e. The van der Waals surface area contributed by atoms with Gasteiger partial charge in [0.2, 0.25) is 0 Å². The van der Waals surface area contributed by atoms with E-state index in [1.165, 1.54) is 12.7 Å². The van der Waals surface area contributed by atoms with E-state index in [0.717, 1.165) is 5.75 Å². The number of esters is 1. The van der Waals surface area contributed by atoms with Gasteiger partial charge in [0, 0.05) is 12.5 Å². The van der Waals surface area contributed by atoms with E-state index in [2.05, 4.69) is 25.2 Å². The van der Waals surface area contributed by atoms with Gasteiger partial charge in [-0.05, 0) is 23.6 Å². The summed E-state index contributed by atoms with van der Waals surface area (Å²) < 4.78 is 10.6. The predicted molar refractivity (Wildman–Crippen MR) is 84.7 cm³/mol. The molecule has 0 spiro atoms. The van der Waals surface area contributed by atoms with Crippen molar-refractivity contribution in [3.8, 4) is 5.75 Å². The number of hydrogen-bond donors (Lipinski definition) is 1. The Bertz CT molecular complexity index is 443. The summed E-state index contributed by atoms with van der Waals surface area (Å²) in [6.45, 7) is 8.78. The quantitative estimate of drug-likeness (QED) is 0.748. The van der Waals surface area contributed by atoms with Crippen LogP contribution in [-0.2, 0) is 9.53 Å². The maximum atomic E-state index is 11.7. The highest BCUT2D eigenvalue weighted by Crippen LogP contribution is 2.20. The van der Waals surface area contributed by atoms with Gasteiger partial charge in [-0.1, -0.05) is 39.8 Å². The van der Waals surface area contributed by atoms with E-state index in [9.17, 15) is 4.79 Å². The second kappa shape index (κ2) is 8.67. The molecular weight excluding hydrogens is 266 g/mol. The lowest BCUT2D eigenvalue weighted by molar-refractivity contribution is -0.143. The summed E-state index contributed by atoms with van der Waals surface area (Å²) >= 11 is 0. The monoisotopic (exact) mass is 293 g/mol. The van der Waals surface area contributed by atoms with Crippen molar-refractivity contribution in [2.45, 2.75) is 52.1 Å². The lowest BCUT2D eigenvalue weighted by Crippen LogP contribution is -2.42. The number of benzene rings is 1. The lowest BCUT2D eigenvalue weighted by atomic mass is 10.0. The molecule has 1 N–H and O–H groups in total. The Labute approximate surface area is 127 Å². The van der Waals surface area contributed by atoms with Crippen LogP contribution >= 0.6 is 0 Å². The molecule has 4 heteroatoms. The molecule has 0 radical (unpaired) electrons. The number of ether oxygens (including phenoxy) is 2. The molecule has 4 nitrogen and oxygen atoms in total. The first-order valence-electron chi connectivity index (χ1n) is 7.50. The predicted octanol–water partition coefficient (Wildman–Crippen LogP) is 3.12. The maximum absolute atomic E-state index is 11.7. The van der Waals surface area contributed by atoms with Gasteiger partial charge >= 0.3 is 5.97 Å². The normalized spacial score (nSPS) is 12.5. The van der Waals surface area contributed by atoms with Crippen molar-refractivity contribution in [1.29, 1.82) is 0 Å². The Hall–Kier alpha value is -1.55. The number of rotatable bonds is 8. The number of hydrogen-bond acceptors (Lipinski definition) is 4. The van der Waals surface area contributed by atoms with Crippen LogP contribution in [0.1, 0.15) is 45.6 Å². The molecule has 0 aliphatic carbocycles. The van der Waals surface area contributed by atoms with Crippen LogP contribution in [0.3, 0.4) is 0 Å². The molecule has 0 amide bonds. The Morgan fingerprint density at radius 1 is 1.24 bits per heavy atom. The van der Waals surface area contributed by atoms with Crippen LogP contribution in [0.4, 0.5) is 0 Å². The highest BCUT2D eigenvalue weighted by Gasteiger charge is 2.19. The lowest BCUT2D eigenvalue weighted by Gasteiger charge is -2.19. The molecule has 0 saturated heterocycles. The first kappa shape index (κ1) is 17.5. The number of nitrogens with one attached hydrogen (secondary N) is 1. The zero-order valence-corrected chi connectivity index (χ0v) is 13.7. The zero-order valence-electron chi connectivity index (χ0n) is 13.7. The number of carbonyl (C=O) groups is 1. The minimum atomic E-state index is -0.330.